The molecule has 0 saturated carbocycles. The van der Waals surface area contributed by atoms with Crippen LogP contribution in [0.5, 0.6) is 0 Å². The summed E-state index contributed by atoms with van der Waals surface area (Å²) in [5.41, 5.74) is 2.59. The molecule has 2 aromatic rings. The van der Waals surface area contributed by atoms with E-state index in [4.69, 9.17) is 5.26 Å². The van der Waals surface area contributed by atoms with Gasteiger partial charge in [-0.1, -0.05) is 6.07 Å². The fourth-order valence-electron chi connectivity index (χ4n) is 2.54. The van der Waals surface area contributed by atoms with E-state index in [0.717, 1.165) is 16.8 Å². The Morgan fingerprint density at radius 2 is 2.30 bits per heavy atom. The van der Waals surface area contributed by atoms with Crippen LogP contribution in [0, 0.1) is 11.3 Å². The first kappa shape index (κ1) is 14.7. The molecular weight excluding hydrogens is 294 g/mol. The number of amides is 1. The van der Waals surface area contributed by atoms with Crippen LogP contribution in [0.1, 0.15) is 30.8 Å². The Labute approximate surface area is 132 Å². The van der Waals surface area contributed by atoms with E-state index < -0.39 is 5.41 Å². The molecule has 1 aliphatic rings. The first-order chi connectivity index (χ1) is 11.0. The van der Waals surface area contributed by atoms with Gasteiger partial charge in [-0.15, -0.1) is 10.2 Å². The number of nitrogens with one attached hydrogen (secondary N) is 3. The second kappa shape index (κ2) is 5.53. The number of anilines is 1. The number of aromatic amines is 1. The molecule has 0 atom stereocenters. The van der Waals surface area contributed by atoms with Crippen molar-refractivity contribution in [1.82, 2.24) is 25.9 Å². The second-order valence-corrected chi connectivity index (χ2v) is 5.73. The fourth-order valence-corrected chi connectivity index (χ4v) is 2.54. The lowest BCUT2D eigenvalue weighted by Crippen LogP contribution is -2.44. The molecule has 2 heterocycles. The molecule has 23 heavy (non-hydrogen) atoms. The van der Waals surface area contributed by atoms with Gasteiger partial charge >= 0.3 is 0 Å². The third kappa shape index (κ3) is 2.64. The van der Waals surface area contributed by atoms with Gasteiger partial charge in [0, 0.05) is 18.4 Å². The third-order valence-corrected chi connectivity index (χ3v) is 3.88. The number of carbonyl (C=O) groups is 1. The van der Waals surface area contributed by atoms with Crippen LogP contribution in [-0.4, -0.2) is 26.5 Å². The van der Waals surface area contributed by atoms with E-state index in [2.05, 4.69) is 31.3 Å². The molecule has 0 bridgehead atoms. The van der Waals surface area contributed by atoms with Crippen molar-refractivity contribution < 1.29 is 4.79 Å². The Hall–Kier alpha value is -3.21. The van der Waals surface area contributed by atoms with E-state index in [9.17, 15) is 4.79 Å². The van der Waals surface area contributed by atoms with Crippen LogP contribution in [0.25, 0.3) is 5.57 Å². The second-order valence-electron chi connectivity index (χ2n) is 5.73. The molecule has 0 fully saturated rings. The quantitative estimate of drug-likeness (QED) is 0.730. The van der Waals surface area contributed by atoms with Crippen molar-refractivity contribution in [2.75, 3.05) is 5.32 Å². The number of nitrogens with zero attached hydrogens (tertiary/aromatic N) is 4. The number of allylic oxidation sites excluding steroid dienone is 1. The monoisotopic (exact) mass is 309 g/mol. The first-order valence-electron chi connectivity index (χ1n) is 7.04. The number of H-pyrrole nitrogens is 1. The van der Waals surface area contributed by atoms with Gasteiger partial charge in [0.2, 0.25) is 11.7 Å². The summed E-state index contributed by atoms with van der Waals surface area (Å²) in [4.78, 5) is 12.0. The van der Waals surface area contributed by atoms with Gasteiger partial charge in [-0.25, -0.2) is 0 Å². The van der Waals surface area contributed by atoms with Crippen LogP contribution in [0.15, 0.2) is 24.4 Å². The number of rotatable bonds is 3. The first-order valence-corrected chi connectivity index (χ1v) is 7.04. The van der Waals surface area contributed by atoms with Gasteiger partial charge < -0.3 is 10.6 Å². The van der Waals surface area contributed by atoms with Crippen LogP contribution in [0.2, 0.25) is 0 Å². The summed E-state index contributed by atoms with van der Waals surface area (Å²) in [6, 6.07) is 7.78. The maximum Gasteiger partial charge on any atom is 0.230 e. The molecule has 1 aromatic carbocycles. The van der Waals surface area contributed by atoms with Crippen molar-refractivity contribution in [3.05, 3.63) is 41.4 Å². The molecule has 3 N–H and O–H groups in total. The topological polar surface area (TPSA) is 119 Å². The van der Waals surface area contributed by atoms with Crippen molar-refractivity contribution in [1.29, 1.82) is 5.26 Å². The Kier molecular flexibility index (Phi) is 3.54. The Morgan fingerprint density at radius 1 is 1.48 bits per heavy atom. The summed E-state index contributed by atoms with van der Waals surface area (Å²) >= 11 is 0. The molecule has 1 aliphatic heterocycles. The number of benzene rings is 1. The SMILES string of the molecule is CC1(C)C(=O)NCc2cc(NC=C(C#N)c3nn[nH]n3)ccc21. The van der Waals surface area contributed by atoms with Gasteiger partial charge in [0.05, 0.1) is 5.41 Å². The normalized spacial score (nSPS) is 16.2. The lowest BCUT2D eigenvalue weighted by molar-refractivity contribution is -0.126. The van der Waals surface area contributed by atoms with Gasteiger partial charge in [0.1, 0.15) is 11.6 Å². The maximum absolute atomic E-state index is 12.0. The van der Waals surface area contributed by atoms with Crippen LogP contribution >= 0.6 is 0 Å². The number of tetrazole rings is 1. The Morgan fingerprint density at radius 3 is 3.00 bits per heavy atom. The van der Waals surface area contributed by atoms with Crippen LogP contribution < -0.4 is 10.6 Å². The minimum atomic E-state index is -0.551. The van der Waals surface area contributed by atoms with Crippen LogP contribution in [0.3, 0.4) is 0 Å². The number of nitriles is 1. The van der Waals surface area contributed by atoms with Crippen molar-refractivity contribution >= 4 is 17.2 Å². The summed E-state index contributed by atoms with van der Waals surface area (Å²) in [5, 5.41) is 28.4. The van der Waals surface area contributed by atoms with E-state index in [1.807, 2.05) is 38.1 Å². The predicted molar refractivity (Wildman–Crippen MR) is 82.7 cm³/mol. The van der Waals surface area contributed by atoms with Gasteiger partial charge in [-0.2, -0.15) is 10.5 Å². The smallest absolute Gasteiger partial charge is 0.230 e. The maximum atomic E-state index is 12.0. The highest BCUT2D eigenvalue weighted by Crippen LogP contribution is 2.32. The average Bonchev–Trinajstić information content (AvgIpc) is 3.06. The summed E-state index contributed by atoms with van der Waals surface area (Å²) in [5.74, 6) is 0.251. The number of aromatic nitrogens is 4. The molecule has 8 heteroatoms. The molecule has 1 aromatic heterocycles. The summed E-state index contributed by atoms with van der Waals surface area (Å²) in [6.45, 7) is 4.29. The van der Waals surface area contributed by atoms with E-state index in [1.165, 1.54) is 6.20 Å². The van der Waals surface area contributed by atoms with E-state index in [0.29, 0.717) is 6.54 Å². The van der Waals surface area contributed by atoms with Gasteiger partial charge in [0.15, 0.2) is 0 Å². The highest BCUT2D eigenvalue weighted by molar-refractivity contribution is 5.89. The van der Waals surface area contributed by atoms with E-state index >= 15 is 0 Å². The molecule has 0 radical (unpaired) electrons. The van der Waals surface area contributed by atoms with E-state index in [-0.39, 0.29) is 17.3 Å². The lowest BCUT2D eigenvalue weighted by Gasteiger charge is -2.31. The van der Waals surface area contributed by atoms with Gasteiger partial charge in [0.25, 0.3) is 0 Å². The van der Waals surface area contributed by atoms with Crippen molar-refractivity contribution in [2.24, 2.45) is 0 Å². The standard InChI is InChI=1S/C15H15N7O/c1-15(2)12-4-3-11(5-9(12)7-18-14(15)23)17-8-10(6-16)13-19-21-22-20-13/h3-5,8,17H,7H2,1-2H3,(H,18,23)(H,19,20,21,22). The minimum absolute atomic E-state index is 0.0227. The van der Waals surface area contributed by atoms with Crippen molar-refractivity contribution in [2.45, 2.75) is 25.8 Å². The fraction of sp³-hybridized carbons (Fsp3) is 0.267. The molecule has 0 spiro atoms. The summed E-state index contributed by atoms with van der Waals surface area (Å²) in [7, 11) is 0. The Balaban J connectivity index is 1.86. The van der Waals surface area contributed by atoms with Crippen LogP contribution in [0.4, 0.5) is 5.69 Å². The molecule has 1 amide bonds. The third-order valence-electron chi connectivity index (χ3n) is 3.88. The zero-order valence-electron chi connectivity index (χ0n) is 12.7. The number of carbonyl (C=O) groups excluding carboxylic acids is 1. The van der Waals surface area contributed by atoms with Crippen molar-refractivity contribution in [3.8, 4) is 6.07 Å². The molecule has 0 aliphatic carbocycles. The molecule has 116 valence electrons. The number of hydrogen-bond donors (Lipinski definition) is 3. The largest absolute Gasteiger partial charge is 0.360 e. The van der Waals surface area contributed by atoms with Crippen LogP contribution in [-0.2, 0) is 16.8 Å². The average molecular weight is 309 g/mol. The minimum Gasteiger partial charge on any atom is -0.360 e. The lowest BCUT2D eigenvalue weighted by atomic mass is 9.78. The van der Waals surface area contributed by atoms with E-state index in [1.54, 1.807) is 0 Å². The number of hydrogen-bond acceptors (Lipinski definition) is 6. The Bertz CT molecular complexity index is 815. The molecule has 8 nitrogen and oxygen atoms in total. The predicted octanol–water partition coefficient (Wildman–Crippen LogP) is 1.08. The molecular formula is C15H15N7O. The molecule has 0 unspecified atom stereocenters. The van der Waals surface area contributed by atoms with Crippen molar-refractivity contribution in [3.63, 3.8) is 0 Å². The zero-order chi connectivity index (χ0) is 16.4. The van der Waals surface area contributed by atoms with Gasteiger partial charge in [-0.3, -0.25) is 4.79 Å². The highest BCUT2D eigenvalue weighted by Gasteiger charge is 2.35. The molecule has 0 saturated heterocycles. The zero-order valence-corrected chi connectivity index (χ0v) is 12.7. The summed E-state index contributed by atoms with van der Waals surface area (Å²) < 4.78 is 0. The highest BCUT2D eigenvalue weighted by atomic mass is 16.2. The molecule has 3 rings (SSSR count). The summed E-state index contributed by atoms with van der Waals surface area (Å²) in [6.07, 6.45) is 1.53. The van der Waals surface area contributed by atoms with Gasteiger partial charge in [-0.05, 0) is 42.3 Å². The number of fused-ring (bicyclic) bond motifs is 1.